The lowest BCUT2D eigenvalue weighted by atomic mass is 10.1. The number of rotatable bonds is 7. The van der Waals surface area contributed by atoms with Crippen LogP contribution in [0.1, 0.15) is 5.56 Å². The topological polar surface area (TPSA) is 79.8 Å². The Kier molecular flexibility index (Phi) is 6.36. The van der Waals surface area contributed by atoms with Crippen molar-refractivity contribution in [3.05, 3.63) is 78.6 Å². The first-order valence-corrected chi connectivity index (χ1v) is 8.45. The van der Waals surface area contributed by atoms with E-state index in [2.05, 4.69) is 9.97 Å². The van der Waals surface area contributed by atoms with Gasteiger partial charge in [-0.2, -0.15) is 0 Å². The Bertz CT molecular complexity index is 1040. The number of carbonyl (C=O) groups is 1. The van der Waals surface area contributed by atoms with Gasteiger partial charge >= 0.3 is 5.97 Å². The van der Waals surface area contributed by atoms with Crippen LogP contribution in [0.5, 0.6) is 23.3 Å². The van der Waals surface area contributed by atoms with Gasteiger partial charge in [0.2, 0.25) is 11.8 Å². The molecule has 0 radical (unpaired) electrons. The number of ether oxygens (including phenoxy) is 4. The third kappa shape index (κ3) is 4.86. The van der Waals surface area contributed by atoms with E-state index in [4.69, 9.17) is 18.9 Å². The van der Waals surface area contributed by atoms with Crippen LogP contribution < -0.4 is 9.47 Å². The minimum atomic E-state index is -0.589. The maximum absolute atomic E-state index is 13.8. The number of aromatic nitrogens is 2. The number of halogens is 1. The first kappa shape index (κ1) is 19.8. The number of hydrogen-bond donors (Lipinski definition) is 0. The maximum atomic E-state index is 13.8. The molecule has 3 aromatic rings. The first-order valence-electron chi connectivity index (χ1n) is 8.45. The molecule has 0 atom stereocenters. The van der Waals surface area contributed by atoms with Gasteiger partial charge in [-0.3, -0.25) is 0 Å². The summed E-state index contributed by atoms with van der Waals surface area (Å²) in [6.07, 6.45) is 2.49. The predicted octanol–water partition coefficient (Wildman–Crippen LogP) is 4.36. The quantitative estimate of drug-likeness (QED) is 0.333. The molecule has 0 N–H and O–H groups in total. The molecule has 0 aliphatic carbocycles. The Labute approximate surface area is 166 Å². The van der Waals surface area contributed by atoms with Crippen molar-refractivity contribution in [1.29, 1.82) is 0 Å². The first-order chi connectivity index (χ1) is 14.1. The number of benzene rings is 2. The van der Waals surface area contributed by atoms with Crippen LogP contribution >= 0.6 is 0 Å². The van der Waals surface area contributed by atoms with Crippen molar-refractivity contribution in [2.24, 2.45) is 0 Å². The molecular weight excluding hydrogens is 379 g/mol. The largest absolute Gasteiger partial charge is 0.503 e. The Morgan fingerprint density at radius 1 is 0.931 bits per heavy atom. The van der Waals surface area contributed by atoms with Crippen molar-refractivity contribution in [3.63, 3.8) is 0 Å². The second-order valence-corrected chi connectivity index (χ2v) is 5.58. The fourth-order valence-electron chi connectivity index (χ4n) is 2.41. The molecule has 148 valence electrons. The summed E-state index contributed by atoms with van der Waals surface area (Å²) in [7, 11) is 2.69. The molecule has 0 fully saturated rings. The zero-order valence-corrected chi connectivity index (χ0v) is 15.7. The van der Waals surface area contributed by atoms with Crippen LogP contribution in [0.3, 0.4) is 0 Å². The third-order valence-electron chi connectivity index (χ3n) is 3.70. The number of para-hydroxylation sites is 2. The van der Waals surface area contributed by atoms with Crippen molar-refractivity contribution in [1.82, 2.24) is 9.97 Å². The lowest BCUT2D eigenvalue weighted by molar-refractivity contribution is -0.133. The average Bonchev–Trinajstić information content (AvgIpc) is 2.74. The van der Waals surface area contributed by atoms with Crippen LogP contribution in [-0.4, -0.2) is 30.2 Å². The SMILES string of the molecule is CO/C=C(/C(=O)OC)c1ccccc1Oc1cc(Oc2ccccc2F)ncn1. The van der Waals surface area contributed by atoms with Crippen LogP contribution in [0, 0.1) is 5.82 Å². The summed E-state index contributed by atoms with van der Waals surface area (Å²) >= 11 is 0. The molecule has 0 aliphatic heterocycles. The molecule has 29 heavy (non-hydrogen) atoms. The summed E-state index contributed by atoms with van der Waals surface area (Å²) in [5.74, 6) is -0.524. The standard InChI is InChI=1S/C21H17FN2O5/c1-26-12-15(21(25)27-2)14-7-3-5-9-17(14)28-19-11-20(24-13-23-19)29-18-10-6-4-8-16(18)22/h3-13H,1-2H3/b15-12+. The summed E-state index contributed by atoms with van der Waals surface area (Å²) in [6, 6.07) is 14.2. The Balaban J connectivity index is 1.89. The highest BCUT2D eigenvalue weighted by Gasteiger charge is 2.18. The highest BCUT2D eigenvalue weighted by atomic mass is 19.1. The predicted molar refractivity (Wildman–Crippen MR) is 102 cm³/mol. The molecule has 0 saturated carbocycles. The van der Waals surface area contributed by atoms with E-state index in [9.17, 15) is 9.18 Å². The van der Waals surface area contributed by atoms with Gasteiger partial charge in [0.05, 0.1) is 26.5 Å². The van der Waals surface area contributed by atoms with Crippen LogP contribution in [0.15, 0.2) is 67.2 Å². The summed E-state index contributed by atoms with van der Waals surface area (Å²) in [5, 5.41) is 0. The maximum Gasteiger partial charge on any atom is 0.341 e. The van der Waals surface area contributed by atoms with Crippen LogP contribution in [0.2, 0.25) is 0 Å². The minimum Gasteiger partial charge on any atom is -0.503 e. The van der Waals surface area contributed by atoms with Crippen molar-refractivity contribution in [3.8, 4) is 23.3 Å². The molecule has 2 aromatic carbocycles. The summed E-state index contributed by atoms with van der Waals surface area (Å²) in [6.45, 7) is 0. The van der Waals surface area contributed by atoms with Gasteiger partial charge in [0.15, 0.2) is 11.6 Å². The smallest absolute Gasteiger partial charge is 0.341 e. The second kappa shape index (κ2) is 9.32. The highest BCUT2D eigenvalue weighted by molar-refractivity contribution is 6.17. The monoisotopic (exact) mass is 396 g/mol. The molecule has 1 aromatic heterocycles. The number of carbonyl (C=O) groups excluding carboxylic acids is 1. The van der Waals surface area contributed by atoms with Crippen LogP contribution in [0.4, 0.5) is 4.39 Å². The molecule has 0 spiro atoms. The van der Waals surface area contributed by atoms with E-state index < -0.39 is 11.8 Å². The van der Waals surface area contributed by atoms with Crippen LogP contribution in [-0.2, 0) is 14.3 Å². The zero-order chi connectivity index (χ0) is 20.6. The summed E-state index contributed by atoms with van der Waals surface area (Å²) in [5.41, 5.74) is 0.610. The molecule has 0 bridgehead atoms. The summed E-state index contributed by atoms with van der Waals surface area (Å²) < 4.78 is 34.8. The zero-order valence-electron chi connectivity index (χ0n) is 15.7. The molecule has 0 saturated heterocycles. The number of methoxy groups -OCH3 is 2. The lowest BCUT2D eigenvalue weighted by Crippen LogP contribution is -2.06. The van der Waals surface area contributed by atoms with Gasteiger partial charge in [-0.1, -0.05) is 30.3 Å². The van der Waals surface area contributed by atoms with E-state index in [-0.39, 0.29) is 23.1 Å². The Hall–Kier alpha value is -3.94. The van der Waals surface area contributed by atoms with E-state index in [0.717, 1.165) is 0 Å². The van der Waals surface area contributed by atoms with Crippen molar-refractivity contribution < 1.29 is 28.1 Å². The minimum absolute atomic E-state index is 0.0218. The molecule has 8 heteroatoms. The van der Waals surface area contributed by atoms with E-state index in [1.807, 2.05) is 0 Å². The van der Waals surface area contributed by atoms with Gasteiger partial charge in [-0.25, -0.2) is 19.2 Å². The van der Waals surface area contributed by atoms with E-state index in [1.165, 1.54) is 45.0 Å². The fraction of sp³-hybridized carbons (Fsp3) is 0.0952. The molecule has 7 nitrogen and oxygen atoms in total. The lowest BCUT2D eigenvalue weighted by Gasteiger charge is -2.12. The molecule has 0 amide bonds. The molecule has 0 aliphatic rings. The van der Waals surface area contributed by atoms with E-state index in [0.29, 0.717) is 11.3 Å². The number of esters is 1. The van der Waals surface area contributed by atoms with E-state index in [1.54, 1.807) is 36.4 Å². The molecular formula is C21H17FN2O5. The van der Waals surface area contributed by atoms with Crippen molar-refractivity contribution in [2.45, 2.75) is 0 Å². The molecule has 3 rings (SSSR count). The van der Waals surface area contributed by atoms with Gasteiger partial charge in [0.25, 0.3) is 0 Å². The average molecular weight is 396 g/mol. The number of hydrogen-bond acceptors (Lipinski definition) is 7. The van der Waals surface area contributed by atoms with Gasteiger partial charge in [0, 0.05) is 5.56 Å². The van der Waals surface area contributed by atoms with Crippen molar-refractivity contribution in [2.75, 3.05) is 14.2 Å². The number of nitrogens with zero attached hydrogens (tertiary/aromatic N) is 2. The molecule has 1 heterocycles. The second-order valence-electron chi connectivity index (χ2n) is 5.58. The van der Waals surface area contributed by atoms with Gasteiger partial charge in [-0.05, 0) is 18.2 Å². The van der Waals surface area contributed by atoms with Crippen LogP contribution in [0.25, 0.3) is 5.57 Å². The normalized spacial score (nSPS) is 10.9. The Morgan fingerprint density at radius 3 is 2.21 bits per heavy atom. The highest BCUT2D eigenvalue weighted by Crippen LogP contribution is 2.31. The molecule has 0 unspecified atom stereocenters. The van der Waals surface area contributed by atoms with Gasteiger partial charge in [-0.15, -0.1) is 0 Å². The fourth-order valence-corrected chi connectivity index (χ4v) is 2.41. The Morgan fingerprint density at radius 2 is 1.55 bits per heavy atom. The van der Waals surface area contributed by atoms with Crippen molar-refractivity contribution >= 4 is 11.5 Å². The third-order valence-corrected chi connectivity index (χ3v) is 3.70. The van der Waals surface area contributed by atoms with Gasteiger partial charge < -0.3 is 18.9 Å². The van der Waals surface area contributed by atoms with E-state index >= 15 is 0 Å². The summed E-state index contributed by atoms with van der Waals surface area (Å²) in [4.78, 5) is 20.1. The van der Waals surface area contributed by atoms with Gasteiger partial charge in [0.1, 0.15) is 17.6 Å².